The molecule has 92 valence electrons. The molecule has 0 saturated carbocycles. The predicted octanol–water partition coefficient (Wildman–Crippen LogP) is 2.86. The van der Waals surface area contributed by atoms with Gasteiger partial charge < -0.3 is 10.5 Å². The highest BCUT2D eigenvalue weighted by molar-refractivity contribution is 6.34. The summed E-state index contributed by atoms with van der Waals surface area (Å²) < 4.78 is 5.42. The molecule has 0 spiro atoms. The third-order valence-corrected chi connectivity index (χ3v) is 2.40. The number of nitrogens with one attached hydrogen (secondary N) is 1. The highest BCUT2D eigenvalue weighted by atomic mass is 35.5. The fourth-order valence-electron chi connectivity index (χ4n) is 1.22. The topological polar surface area (TPSA) is 84.9 Å². The molecule has 0 fully saturated rings. The molecule has 1 aromatic heterocycles. The number of nitrogens with zero attached hydrogens (tertiary/aromatic N) is 2. The van der Waals surface area contributed by atoms with E-state index in [2.05, 4.69) is 9.97 Å². The Balaban J connectivity index is 2.20. The van der Waals surface area contributed by atoms with E-state index >= 15 is 0 Å². The summed E-state index contributed by atoms with van der Waals surface area (Å²) in [5, 5.41) is 8.11. The van der Waals surface area contributed by atoms with Crippen molar-refractivity contribution in [2.45, 2.75) is 0 Å². The van der Waals surface area contributed by atoms with Gasteiger partial charge in [0.1, 0.15) is 17.3 Å². The molecular weight excluding hydrogens is 275 g/mol. The van der Waals surface area contributed by atoms with Crippen molar-refractivity contribution in [1.29, 1.82) is 5.41 Å². The van der Waals surface area contributed by atoms with Crippen LogP contribution in [0.4, 0.5) is 0 Å². The average molecular weight is 283 g/mol. The molecule has 1 heterocycles. The normalized spacial score (nSPS) is 10.1. The first kappa shape index (κ1) is 12.6. The Hall–Kier alpha value is -1.85. The number of nitrogens with two attached hydrogens (primary N) is 1. The first-order valence-electron chi connectivity index (χ1n) is 4.85. The molecule has 0 aliphatic heterocycles. The molecule has 5 nitrogen and oxygen atoms in total. The second kappa shape index (κ2) is 5.20. The van der Waals surface area contributed by atoms with Crippen molar-refractivity contribution in [2.24, 2.45) is 5.73 Å². The van der Waals surface area contributed by atoms with Crippen LogP contribution in [0.2, 0.25) is 10.0 Å². The smallest absolute Gasteiger partial charge is 0.237 e. The van der Waals surface area contributed by atoms with E-state index in [1.165, 1.54) is 12.4 Å². The number of nitrogen functional groups attached to an aromatic ring is 1. The van der Waals surface area contributed by atoms with Gasteiger partial charge in [0.2, 0.25) is 5.88 Å². The molecule has 7 heteroatoms. The largest absolute Gasteiger partial charge is 0.437 e. The zero-order valence-electron chi connectivity index (χ0n) is 9.02. The summed E-state index contributed by atoms with van der Waals surface area (Å²) in [6.45, 7) is 0. The van der Waals surface area contributed by atoms with Crippen LogP contribution in [0.3, 0.4) is 0 Å². The molecular formula is C11H8Cl2N4O. The van der Waals surface area contributed by atoms with Gasteiger partial charge in [-0.2, -0.15) is 0 Å². The Labute approximate surface area is 113 Å². The van der Waals surface area contributed by atoms with E-state index in [0.29, 0.717) is 15.8 Å². The minimum Gasteiger partial charge on any atom is -0.437 e. The number of hydrogen-bond donors (Lipinski definition) is 2. The lowest BCUT2D eigenvalue weighted by Gasteiger charge is -2.05. The van der Waals surface area contributed by atoms with Gasteiger partial charge in [0.25, 0.3) is 0 Å². The summed E-state index contributed by atoms with van der Waals surface area (Å²) in [7, 11) is 0. The van der Waals surface area contributed by atoms with Crippen LogP contribution in [-0.2, 0) is 0 Å². The Kier molecular flexibility index (Phi) is 3.64. The minimum atomic E-state index is -0.153. The third-order valence-electron chi connectivity index (χ3n) is 1.96. The maximum absolute atomic E-state index is 7.18. The molecule has 0 amide bonds. The lowest BCUT2D eigenvalue weighted by molar-refractivity contribution is 0.460. The number of hydrogen-bond acceptors (Lipinski definition) is 4. The van der Waals surface area contributed by atoms with Gasteiger partial charge in [-0.15, -0.1) is 0 Å². The Morgan fingerprint density at radius 2 is 1.78 bits per heavy atom. The van der Waals surface area contributed by atoms with Gasteiger partial charge in [-0.25, -0.2) is 9.97 Å². The maximum atomic E-state index is 7.18. The van der Waals surface area contributed by atoms with Crippen LogP contribution in [0.25, 0.3) is 0 Å². The molecule has 0 aliphatic carbocycles. The van der Waals surface area contributed by atoms with Crippen LogP contribution < -0.4 is 10.5 Å². The molecule has 0 radical (unpaired) electrons. The summed E-state index contributed by atoms with van der Waals surface area (Å²) in [5.41, 5.74) is 5.54. The number of aromatic nitrogens is 2. The summed E-state index contributed by atoms with van der Waals surface area (Å²) >= 11 is 11.7. The maximum Gasteiger partial charge on any atom is 0.237 e. The van der Waals surface area contributed by atoms with Gasteiger partial charge in [-0.3, -0.25) is 5.41 Å². The Morgan fingerprint density at radius 1 is 1.11 bits per heavy atom. The summed E-state index contributed by atoms with van der Waals surface area (Å²) in [4.78, 5) is 7.88. The number of ether oxygens (including phenoxy) is 1. The molecule has 0 saturated heterocycles. The highest BCUT2D eigenvalue weighted by Gasteiger charge is 2.04. The first-order valence-corrected chi connectivity index (χ1v) is 5.60. The molecule has 3 N–H and O–H groups in total. The van der Waals surface area contributed by atoms with Crippen LogP contribution in [0, 0.1) is 5.41 Å². The fourth-order valence-corrected chi connectivity index (χ4v) is 1.72. The molecule has 0 atom stereocenters. The van der Waals surface area contributed by atoms with Crippen molar-refractivity contribution in [3.63, 3.8) is 0 Å². The van der Waals surface area contributed by atoms with Gasteiger partial charge in [0.15, 0.2) is 0 Å². The zero-order valence-corrected chi connectivity index (χ0v) is 10.5. The molecule has 18 heavy (non-hydrogen) atoms. The fraction of sp³-hybridized carbons (Fsp3) is 0. The predicted molar refractivity (Wildman–Crippen MR) is 69.6 cm³/mol. The van der Waals surface area contributed by atoms with E-state index in [0.717, 1.165) is 0 Å². The van der Waals surface area contributed by atoms with Gasteiger partial charge >= 0.3 is 0 Å². The van der Waals surface area contributed by atoms with Crippen molar-refractivity contribution in [2.75, 3.05) is 0 Å². The number of halogens is 2. The van der Waals surface area contributed by atoms with Crippen molar-refractivity contribution in [1.82, 2.24) is 9.97 Å². The highest BCUT2D eigenvalue weighted by Crippen LogP contribution is 2.27. The van der Waals surface area contributed by atoms with Crippen LogP contribution in [0.1, 0.15) is 5.69 Å². The minimum absolute atomic E-state index is 0.153. The van der Waals surface area contributed by atoms with Crippen molar-refractivity contribution < 1.29 is 4.74 Å². The number of rotatable bonds is 3. The lowest BCUT2D eigenvalue weighted by Crippen LogP contribution is -2.13. The lowest BCUT2D eigenvalue weighted by atomic mass is 10.3. The van der Waals surface area contributed by atoms with E-state index < -0.39 is 0 Å². The number of benzene rings is 1. The van der Waals surface area contributed by atoms with Crippen LogP contribution in [0.15, 0.2) is 30.6 Å². The Bertz CT molecular complexity index is 566. The monoisotopic (exact) mass is 282 g/mol. The first-order chi connectivity index (χ1) is 8.54. The molecule has 0 bridgehead atoms. The molecule has 2 aromatic rings. The van der Waals surface area contributed by atoms with Gasteiger partial charge in [-0.1, -0.05) is 23.2 Å². The van der Waals surface area contributed by atoms with E-state index in [4.69, 9.17) is 39.1 Å². The quantitative estimate of drug-likeness (QED) is 0.670. The van der Waals surface area contributed by atoms with E-state index in [1.807, 2.05) is 0 Å². The Morgan fingerprint density at radius 3 is 2.28 bits per heavy atom. The molecule has 0 aliphatic rings. The van der Waals surface area contributed by atoms with Crippen molar-refractivity contribution in [3.8, 4) is 11.6 Å². The number of amidine groups is 1. The van der Waals surface area contributed by atoms with E-state index in [9.17, 15) is 0 Å². The van der Waals surface area contributed by atoms with Gasteiger partial charge in [0, 0.05) is 10.0 Å². The second-order valence-electron chi connectivity index (χ2n) is 3.36. The van der Waals surface area contributed by atoms with Crippen molar-refractivity contribution >= 4 is 29.0 Å². The zero-order chi connectivity index (χ0) is 13.1. The van der Waals surface area contributed by atoms with Crippen LogP contribution in [-0.4, -0.2) is 15.8 Å². The molecule has 1 aromatic carbocycles. The third kappa shape index (κ3) is 3.09. The standard InChI is InChI=1S/C11H8Cl2N4O/c12-6-1-7(13)3-8(2-6)18-10-5-16-9(4-17-10)11(14)15/h1-5H,(H3,14,15). The second-order valence-corrected chi connectivity index (χ2v) is 4.23. The molecule has 0 unspecified atom stereocenters. The average Bonchev–Trinajstić information content (AvgIpc) is 2.28. The van der Waals surface area contributed by atoms with E-state index in [1.54, 1.807) is 18.2 Å². The van der Waals surface area contributed by atoms with Gasteiger partial charge in [0.05, 0.1) is 12.4 Å². The molecule has 2 rings (SSSR count). The SMILES string of the molecule is N=C(N)c1cnc(Oc2cc(Cl)cc(Cl)c2)cn1. The summed E-state index contributed by atoms with van der Waals surface area (Å²) in [6, 6.07) is 4.81. The summed E-state index contributed by atoms with van der Waals surface area (Å²) in [6.07, 6.45) is 2.72. The van der Waals surface area contributed by atoms with Gasteiger partial charge in [-0.05, 0) is 18.2 Å². The van der Waals surface area contributed by atoms with Crippen LogP contribution in [0.5, 0.6) is 11.6 Å². The summed E-state index contributed by atoms with van der Waals surface area (Å²) in [5.74, 6) is 0.565. The van der Waals surface area contributed by atoms with E-state index in [-0.39, 0.29) is 17.4 Å². The van der Waals surface area contributed by atoms with Crippen molar-refractivity contribution in [3.05, 3.63) is 46.3 Å². The van der Waals surface area contributed by atoms with Crippen LogP contribution >= 0.6 is 23.2 Å².